The number of hydrogen-bond donors (Lipinski definition) is 2. The van der Waals surface area contributed by atoms with Crippen molar-refractivity contribution < 1.29 is 43.5 Å². The second-order valence-corrected chi connectivity index (χ2v) is 15.8. The van der Waals surface area contributed by atoms with Crippen molar-refractivity contribution in [2.75, 3.05) is 6.61 Å². The summed E-state index contributed by atoms with van der Waals surface area (Å²) >= 11 is 0. The highest BCUT2D eigenvalue weighted by Gasteiger charge is 2.60. The second-order valence-electron chi connectivity index (χ2n) is 15.8. The van der Waals surface area contributed by atoms with Crippen molar-refractivity contribution in [3.8, 4) is 0 Å². The summed E-state index contributed by atoms with van der Waals surface area (Å²) in [6, 6.07) is 7.32. The van der Waals surface area contributed by atoms with Gasteiger partial charge < -0.3 is 33.9 Å². The highest BCUT2D eigenvalue weighted by Crippen LogP contribution is 2.48. The molecule has 9 nitrogen and oxygen atoms in total. The van der Waals surface area contributed by atoms with Gasteiger partial charge in [-0.1, -0.05) is 82.2 Å². The fourth-order valence-corrected chi connectivity index (χ4v) is 8.62. The van der Waals surface area contributed by atoms with E-state index in [4.69, 9.17) is 23.7 Å². The van der Waals surface area contributed by atoms with Gasteiger partial charge in [-0.25, -0.2) is 4.79 Å². The Morgan fingerprint density at radius 2 is 1.82 bits per heavy atom. The third kappa shape index (κ3) is 7.56. The van der Waals surface area contributed by atoms with E-state index in [0.717, 1.165) is 24.0 Å². The summed E-state index contributed by atoms with van der Waals surface area (Å²) in [5, 5.41) is 23.4. The number of fused-ring (bicyclic) bond motifs is 2. The molecule has 4 aliphatic heterocycles. The number of ether oxygens (including phenoxy) is 5. The third-order valence-electron chi connectivity index (χ3n) is 12.0. The maximum atomic E-state index is 14.2. The first-order valence-corrected chi connectivity index (χ1v) is 18.8. The normalized spacial score (nSPS) is 41.9. The lowest BCUT2D eigenvalue weighted by atomic mass is 9.71. The highest BCUT2D eigenvalue weighted by atomic mass is 16.7. The summed E-state index contributed by atoms with van der Waals surface area (Å²) in [6.45, 7) is 14.3. The largest absolute Gasteiger partial charge is 0.462 e. The number of allylic oxidation sites excluding steroid dienone is 2. The third-order valence-corrected chi connectivity index (χ3v) is 12.0. The van der Waals surface area contributed by atoms with Crippen LogP contribution in [0.15, 0.2) is 71.4 Å². The van der Waals surface area contributed by atoms with Crippen LogP contribution in [0.25, 0.3) is 0 Å². The molecule has 3 saturated heterocycles. The standard InChI is InChI=1S/C42H56O9/c1-8-25(3)37-28(6)18-19-41(51-37)22-33-21-32(50-41)17-14-27(5)36(49-39(44)30-15-12-24(2)13-16-30)26(4)10-9-11-31-23-47-38-35(43)29(7)20-34(40(45)48-33)42(31,38)46/h9-16,20,25-26,28,32-38,43,46H,8,17-19,21-23H2,1-7H3/b10-9+,27-14+,31-11+/t25?,26-,28-,32+,33-,34-,35+,36-,37+,38+,41+,42+/m0/s1. The molecule has 1 spiro atoms. The molecule has 278 valence electrons. The summed E-state index contributed by atoms with van der Waals surface area (Å²) in [5.74, 6) is -2.54. The van der Waals surface area contributed by atoms with Crippen LogP contribution in [0.4, 0.5) is 0 Å². The van der Waals surface area contributed by atoms with E-state index in [1.165, 1.54) is 0 Å². The Labute approximate surface area is 302 Å². The van der Waals surface area contributed by atoms with Gasteiger partial charge in [-0.2, -0.15) is 0 Å². The summed E-state index contributed by atoms with van der Waals surface area (Å²) in [6.07, 6.45) is 9.49. The zero-order valence-electron chi connectivity index (χ0n) is 31.2. The van der Waals surface area contributed by atoms with Crippen molar-refractivity contribution in [1.29, 1.82) is 0 Å². The molecule has 1 aromatic rings. The molecule has 2 bridgehead atoms. The van der Waals surface area contributed by atoms with Crippen molar-refractivity contribution >= 4 is 11.9 Å². The molecule has 51 heavy (non-hydrogen) atoms. The van der Waals surface area contributed by atoms with Crippen LogP contribution in [0.3, 0.4) is 0 Å². The average Bonchev–Trinajstić information content (AvgIpc) is 3.44. The first-order valence-electron chi connectivity index (χ1n) is 18.8. The van der Waals surface area contributed by atoms with Gasteiger partial charge in [0, 0.05) is 25.2 Å². The molecule has 0 saturated carbocycles. The van der Waals surface area contributed by atoms with E-state index < -0.39 is 53.7 Å². The van der Waals surface area contributed by atoms with Crippen molar-refractivity contribution in [2.45, 2.75) is 135 Å². The molecule has 1 aliphatic carbocycles. The number of benzene rings is 1. The molecule has 0 aromatic heterocycles. The summed E-state index contributed by atoms with van der Waals surface area (Å²) < 4.78 is 32.3. The number of aryl methyl sites for hydroxylation is 1. The molecule has 12 atom stereocenters. The number of carbonyl (C=O) groups excluding carboxylic acids is 2. The summed E-state index contributed by atoms with van der Waals surface area (Å²) in [7, 11) is 0. The number of esters is 2. The van der Waals surface area contributed by atoms with Crippen molar-refractivity contribution in [3.63, 3.8) is 0 Å². The van der Waals surface area contributed by atoms with Crippen molar-refractivity contribution in [2.24, 2.45) is 23.7 Å². The lowest BCUT2D eigenvalue weighted by molar-refractivity contribution is -0.340. The van der Waals surface area contributed by atoms with E-state index in [0.29, 0.717) is 54.2 Å². The number of aliphatic hydroxyl groups is 2. The minimum absolute atomic E-state index is 0.00223. The molecule has 3 fully saturated rings. The molecule has 0 amide bonds. The van der Waals surface area contributed by atoms with Gasteiger partial charge in [-0.15, -0.1) is 0 Å². The molecule has 1 unspecified atom stereocenters. The van der Waals surface area contributed by atoms with Crippen LogP contribution < -0.4 is 0 Å². The lowest BCUT2D eigenvalue weighted by Crippen LogP contribution is -2.58. The minimum atomic E-state index is -1.81. The Bertz CT molecular complexity index is 1570. The van der Waals surface area contributed by atoms with Gasteiger partial charge in [0.1, 0.15) is 35.9 Å². The van der Waals surface area contributed by atoms with E-state index in [1.807, 2.05) is 39.0 Å². The molecular weight excluding hydrogens is 648 g/mol. The van der Waals surface area contributed by atoms with Gasteiger partial charge in [0.05, 0.1) is 24.4 Å². The number of hydrogen-bond acceptors (Lipinski definition) is 9. The lowest BCUT2D eigenvalue weighted by Gasteiger charge is -2.51. The van der Waals surface area contributed by atoms with Crippen LogP contribution in [-0.4, -0.2) is 76.8 Å². The zero-order chi connectivity index (χ0) is 36.7. The molecule has 1 aromatic carbocycles. The molecule has 4 heterocycles. The van der Waals surface area contributed by atoms with Gasteiger partial charge >= 0.3 is 11.9 Å². The average molecular weight is 705 g/mol. The van der Waals surface area contributed by atoms with Gasteiger partial charge in [0.25, 0.3) is 0 Å². The number of rotatable bonds is 4. The molecule has 9 heteroatoms. The molecule has 0 radical (unpaired) electrons. The highest BCUT2D eigenvalue weighted by molar-refractivity contribution is 5.89. The molecular formula is C42H56O9. The maximum Gasteiger partial charge on any atom is 0.338 e. The predicted molar refractivity (Wildman–Crippen MR) is 193 cm³/mol. The summed E-state index contributed by atoms with van der Waals surface area (Å²) in [4.78, 5) is 27.6. The Balaban J connectivity index is 1.39. The van der Waals surface area contributed by atoms with Crippen LogP contribution in [-0.2, 0) is 28.5 Å². The van der Waals surface area contributed by atoms with Crippen LogP contribution in [0.5, 0.6) is 0 Å². The van der Waals surface area contributed by atoms with Crippen molar-refractivity contribution in [3.05, 3.63) is 82.5 Å². The van der Waals surface area contributed by atoms with E-state index in [2.05, 4.69) is 26.8 Å². The maximum absolute atomic E-state index is 14.2. The quantitative estimate of drug-likeness (QED) is 0.261. The fourth-order valence-electron chi connectivity index (χ4n) is 8.62. The van der Waals surface area contributed by atoms with E-state index in [1.54, 1.807) is 37.3 Å². The minimum Gasteiger partial charge on any atom is -0.462 e. The topological polar surface area (TPSA) is 121 Å². The van der Waals surface area contributed by atoms with Gasteiger partial charge in [-0.05, 0) is 74.3 Å². The second kappa shape index (κ2) is 15.1. The number of carbonyl (C=O) groups is 2. The van der Waals surface area contributed by atoms with Crippen LogP contribution in [0.1, 0.15) is 96.0 Å². The Morgan fingerprint density at radius 3 is 2.55 bits per heavy atom. The van der Waals surface area contributed by atoms with E-state index >= 15 is 0 Å². The van der Waals surface area contributed by atoms with Gasteiger partial charge in [0.2, 0.25) is 0 Å². The first-order chi connectivity index (χ1) is 24.2. The molecule has 6 rings (SSSR count). The zero-order valence-corrected chi connectivity index (χ0v) is 31.2. The van der Waals surface area contributed by atoms with E-state index in [9.17, 15) is 19.8 Å². The van der Waals surface area contributed by atoms with Crippen LogP contribution in [0.2, 0.25) is 0 Å². The number of aliphatic hydroxyl groups excluding tert-OH is 1. The first kappa shape index (κ1) is 37.7. The Morgan fingerprint density at radius 1 is 1.08 bits per heavy atom. The van der Waals surface area contributed by atoms with E-state index in [-0.39, 0.29) is 24.7 Å². The monoisotopic (exact) mass is 704 g/mol. The SMILES string of the molecule is CCC(C)[C@H]1O[C@]2(CC[C@@H]1C)C[C@@H]1C[C@@H](C/C=C(\C)[C@@H](OC(=O)c3ccc(C)cc3)[C@@H](C)/C=C/C=C3\CO[C@@H]4[C@H](O)C(C)=C[C@@H](C(=O)O1)[C@]34O)O2. The molecule has 2 N–H and O–H groups in total. The Kier molecular flexibility index (Phi) is 11.2. The van der Waals surface area contributed by atoms with Gasteiger partial charge in [-0.3, -0.25) is 4.79 Å². The van der Waals surface area contributed by atoms with Crippen LogP contribution >= 0.6 is 0 Å². The van der Waals surface area contributed by atoms with Gasteiger partial charge in [0.15, 0.2) is 5.79 Å². The summed E-state index contributed by atoms with van der Waals surface area (Å²) in [5.41, 5.74) is 1.61. The smallest absolute Gasteiger partial charge is 0.338 e. The van der Waals surface area contributed by atoms with Crippen LogP contribution in [0, 0.1) is 30.6 Å². The fraction of sp³-hybridized carbons (Fsp3) is 0.619. The van der Waals surface area contributed by atoms with Crippen molar-refractivity contribution in [1.82, 2.24) is 0 Å². The molecule has 5 aliphatic rings. The predicted octanol–water partition coefficient (Wildman–Crippen LogP) is 6.70. The Hall–Kier alpha value is -3.08.